The molecule has 34 heavy (non-hydrogen) atoms. The molecular weight excluding hydrogens is 466 g/mol. The number of likely N-dealkylation sites (tertiary alicyclic amines) is 1. The minimum Gasteiger partial charge on any atom is -0.372 e. The summed E-state index contributed by atoms with van der Waals surface area (Å²) in [7, 11) is 1.40. The Balaban J connectivity index is 1.81. The number of aldehydes is 1. The lowest BCUT2D eigenvalue weighted by atomic mass is 10.2. The summed E-state index contributed by atoms with van der Waals surface area (Å²) in [5, 5.41) is 7.04. The maximum Gasteiger partial charge on any atom is 0.248 e. The highest BCUT2D eigenvalue weighted by molar-refractivity contribution is 7.98. The second kappa shape index (κ2) is 12.8. The van der Waals surface area contributed by atoms with Crippen LogP contribution in [0.2, 0.25) is 0 Å². The van der Waals surface area contributed by atoms with Crippen LogP contribution in [0.1, 0.15) is 46.5 Å². The van der Waals surface area contributed by atoms with Crippen molar-refractivity contribution in [2.75, 3.05) is 20.2 Å². The number of imide groups is 1. The van der Waals surface area contributed by atoms with E-state index >= 15 is 0 Å². The summed E-state index contributed by atoms with van der Waals surface area (Å²) in [5.74, 6) is -2.25. The summed E-state index contributed by atoms with van der Waals surface area (Å²) in [6, 6.07) is -1.33. The van der Waals surface area contributed by atoms with Gasteiger partial charge in [-0.3, -0.25) is 28.9 Å². The van der Waals surface area contributed by atoms with E-state index in [1.54, 1.807) is 13.8 Å². The van der Waals surface area contributed by atoms with Crippen LogP contribution in [0.5, 0.6) is 0 Å². The van der Waals surface area contributed by atoms with E-state index in [0.29, 0.717) is 6.54 Å². The summed E-state index contributed by atoms with van der Waals surface area (Å²) in [6.45, 7) is 5.34. The number of nitrogens with zero attached hydrogens (tertiary/aromatic N) is 2. The molecule has 0 bridgehead atoms. The molecule has 5 amide bonds. The van der Waals surface area contributed by atoms with Crippen molar-refractivity contribution in [3.8, 4) is 0 Å². The zero-order valence-corrected chi connectivity index (χ0v) is 20.7. The molecule has 2 aliphatic heterocycles. The highest BCUT2D eigenvalue weighted by Crippen LogP contribution is 2.33. The summed E-state index contributed by atoms with van der Waals surface area (Å²) in [4.78, 5) is 73.7. The lowest BCUT2D eigenvalue weighted by Crippen LogP contribution is -2.54. The largest absolute Gasteiger partial charge is 0.372 e. The van der Waals surface area contributed by atoms with Crippen LogP contribution in [0.3, 0.4) is 0 Å². The van der Waals surface area contributed by atoms with Gasteiger partial charge in [-0.05, 0) is 33.6 Å². The third-order valence-corrected chi connectivity index (χ3v) is 7.03. The highest BCUT2D eigenvalue weighted by atomic mass is 32.2. The van der Waals surface area contributed by atoms with E-state index in [1.807, 2.05) is 4.31 Å². The second-order valence-electron chi connectivity index (χ2n) is 8.28. The monoisotopic (exact) mass is 499 g/mol. The molecule has 4 unspecified atom stereocenters. The number of amides is 5. The van der Waals surface area contributed by atoms with E-state index in [-0.39, 0.29) is 31.3 Å². The number of hydrogen-bond donors (Lipinski definition) is 3. The number of methoxy groups -OCH3 is 1. The molecule has 0 saturated carbocycles. The molecule has 190 valence electrons. The molecule has 3 N–H and O–H groups in total. The molecule has 12 nitrogen and oxygen atoms in total. The minimum atomic E-state index is -1.06. The quantitative estimate of drug-likeness (QED) is 0.132. The van der Waals surface area contributed by atoms with Gasteiger partial charge in [-0.2, -0.15) is 0 Å². The number of ether oxygens (including phenoxy) is 1. The van der Waals surface area contributed by atoms with Gasteiger partial charge in [-0.15, -0.1) is 0 Å². The maximum absolute atomic E-state index is 12.8. The smallest absolute Gasteiger partial charge is 0.248 e. The van der Waals surface area contributed by atoms with Crippen LogP contribution < -0.4 is 16.0 Å². The lowest BCUT2D eigenvalue weighted by Gasteiger charge is -2.25. The third kappa shape index (κ3) is 7.24. The standard InChI is InChI=1S/C21H33N5O7S/c1-12(19(30)24-14(3)23-17(28)7-8-22-20(31)13(2)33-4)26-18(29)10-16(21(26)32)34-25-9-5-6-15(25)11-27/h11-16H,5-10H2,1-4H3,(H,22,31)(H,23,28)(H,24,30)/t12?,13?,14?,15-,16?/m0/s1. The van der Waals surface area contributed by atoms with Crippen LogP contribution in [-0.2, 0) is 33.5 Å². The van der Waals surface area contributed by atoms with Gasteiger partial charge in [0.1, 0.15) is 23.7 Å². The molecule has 0 spiro atoms. The zero-order chi connectivity index (χ0) is 25.4. The van der Waals surface area contributed by atoms with Gasteiger partial charge in [-0.25, -0.2) is 4.31 Å². The summed E-state index contributed by atoms with van der Waals surface area (Å²) < 4.78 is 6.70. The summed E-state index contributed by atoms with van der Waals surface area (Å²) >= 11 is 1.19. The molecule has 2 rings (SSSR count). The molecule has 2 aliphatic rings. The van der Waals surface area contributed by atoms with E-state index in [2.05, 4.69) is 16.0 Å². The van der Waals surface area contributed by atoms with Crippen molar-refractivity contribution in [3.63, 3.8) is 0 Å². The van der Waals surface area contributed by atoms with Crippen molar-refractivity contribution in [2.45, 2.75) is 76.1 Å². The Morgan fingerprint density at radius 2 is 1.88 bits per heavy atom. The van der Waals surface area contributed by atoms with Crippen LogP contribution in [0.4, 0.5) is 0 Å². The van der Waals surface area contributed by atoms with Crippen molar-refractivity contribution in [1.29, 1.82) is 0 Å². The first kappa shape index (κ1) is 27.7. The first-order valence-corrected chi connectivity index (χ1v) is 12.1. The summed E-state index contributed by atoms with van der Waals surface area (Å²) in [5.41, 5.74) is 0. The van der Waals surface area contributed by atoms with Gasteiger partial charge >= 0.3 is 0 Å². The van der Waals surface area contributed by atoms with Crippen LogP contribution >= 0.6 is 11.9 Å². The van der Waals surface area contributed by atoms with Crippen molar-refractivity contribution in [3.05, 3.63) is 0 Å². The maximum atomic E-state index is 12.8. The molecule has 0 aromatic carbocycles. The molecule has 0 radical (unpaired) electrons. The molecule has 2 fully saturated rings. The topological polar surface area (TPSA) is 154 Å². The van der Waals surface area contributed by atoms with Crippen LogP contribution in [-0.4, -0.2) is 94.8 Å². The zero-order valence-electron chi connectivity index (χ0n) is 19.9. The number of rotatable bonds is 12. The van der Waals surface area contributed by atoms with E-state index < -0.39 is 47.2 Å². The average Bonchev–Trinajstić information content (AvgIpc) is 3.35. The van der Waals surface area contributed by atoms with Gasteiger partial charge in [0.05, 0.1) is 12.2 Å². The highest BCUT2D eigenvalue weighted by Gasteiger charge is 2.45. The normalized spacial score (nSPS) is 23.4. The van der Waals surface area contributed by atoms with Crippen LogP contribution in [0.25, 0.3) is 0 Å². The SMILES string of the molecule is COC(C)C(=O)NCCC(=O)NC(C)NC(=O)C(C)N1C(=O)CC(SN2CCC[C@H]2C=O)C1=O. The van der Waals surface area contributed by atoms with E-state index in [1.165, 1.54) is 26.0 Å². The third-order valence-electron chi connectivity index (χ3n) is 5.69. The van der Waals surface area contributed by atoms with Crippen LogP contribution in [0.15, 0.2) is 0 Å². The fourth-order valence-electron chi connectivity index (χ4n) is 3.66. The number of carbonyl (C=O) groups excluding carboxylic acids is 6. The Labute approximate surface area is 203 Å². The molecule has 0 aromatic heterocycles. The molecule has 13 heteroatoms. The predicted molar refractivity (Wildman–Crippen MR) is 123 cm³/mol. The Kier molecular flexibility index (Phi) is 10.5. The fraction of sp³-hybridized carbons (Fsp3) is 0.714. The van der Waals surface area contributed by atoms with Gasteiger partial charge in [0.25, 0.3) is 0 Å². The number of nitrogens with one attached hydrogen (secondary N) is 3. The molecule has 2 saturated heterocycles. The van der Waals surface area contributed by atoms with Gasteiger partial charge in [-0.1, -0.05) is 11.9 Å². The number of hydrogen-bond acceptors (Lipinski definition) is 9. The van der Waals surface area contributed by atoms with Crippen molar-refractivity contribution in [1.82, 2.24) is 25.2 Å². The van der Waals surface area contributed by atoms with Crippen molar-refractivity contribution in [2.24, 2.45) is 0 Å². The Hall–Kier alpha value is -2.51. The lowest BCUT2D eigenvalue weighted by molar-refractivity contribution is -0.146. The molecule has 2 heterocycles. The van der Waals surface area contributed by atoms with Gasteiger partial charge in [0.2, 0.25) is 29.5 Å². The Morgan fingerprint density at radius 3 is 2.53 bits per heavy atom. The molecule has 5 atom stereocenters. The minimum absolute atomic E-state index is 0.00176. The number of carbonyl (C=O) groups is 6. The Bertz CT molecular complexity index is 810. The first-order valence-electron chi connectivity index (χ1n) is 11.2. The van der Waals surface area contributed by atoms with E-state index in [4.69, 9.17) is 4.74 Å². The molecule has 0 aliphatic carbocycles. The Morgan fingerprint density at radius 1 is 1.18 bits per heavy atom. The summed E-state index contributed by atoms with van der Waals surface area (Å²) in [6.07, 6.45) is 0.983. The second-order valence-corrected chi connectivity index (χ2v) is 9.53. The van der Waals surface area contributed by atoms with E-state index in [0.717, 1.165) is 24.0 Å². The van der Waals surface area contributed by atoms with Crippen molar-refractivity contribution < 1.29 is 33.5 Å². The van der Waals surface area contributed by atoms with Gasteiger partial charge in [0, 0.05) is 33.0 Å². The van der Waals surface area contributed by atoms with Gasteiger partial charge < -0.3 is 25.5 Å². The first-order chi connectivity index (χ1) is 16.1. The van der Waals surface area contributed by atoms with Crippen LogP contribution in [0, 0.1) is 0 Å². The average molecular weight is 500 g/mol. The van der Waals surface area contributed by atoms with Crippen molar-refractivity contribution >= 4 is 47.8 Å². The predicted octanol–water partition coefficient (Wildman–Crippen LogP) is -1.07. The molecule has 0 aromatic rings. The fourth-order valence-corrected chi connectivity index (χ4v) is 4.95. The molecular formula is C21H33N5O7S. The van der Waals surface area contributed by atoms with Gasteiger partial charge in [0.15, 0.2) is 0 Å². The van der Waals surface area contributed by atoms with E-state index in [9.17, 15) is 28.8 Å².